The van der Waals surface area contributed by atoms with Crippen LogP contribution in [0, 0.1) is 5.92 Å². The van der Waals surface area contributed by atoms with Crippen LogP contribution in [-0.4, -0.2) is 31.7 Å². The molecule has 132 valence electrons. The molecule has 1 saturated heterocycles. The number of hydrazine groups is 1. The number of carbonyl (C=O) groups excluding carboxylic acids is 2. The quantitative estimate of drug-likeness (QED) is 0.796. The van der Waals surface area contributed by atoms with Crippen molar-refractivity contribution in [3.63, 3.8) is 0 Å². The molecule has 3 rings (SSSR count). The summed E-state index contributed by atoms with van der Waals surface area (Å²) in [7, 11) is -3.01. The van der Waals surface area contributed by atoms with Crippen molar-refractivity contribution in [1.82, 2.24) is 10.9 Å². The first kappa shape index (κ1) is 17.6. The molecule has 0 spiro atoms. The zero-order chi connectivity index (χ0) is 17.9. The Balaban J connectivity index is 1.57. The molecule has 2 heterocycles. The fourth-order valence-electron chi connectivity index (χ4n) is 2.86. The highest BCUT2D eigenvalue weighted by Gasteiger charge is 2.29. The maximum atomic E-state index is 12.3. The molecule has 25 heavy (non-hydrogen) atoms. The average molecular weight is 378 g/mol. The molecular weight excluding hydrogens is 360 g/mol. The van der Waals surface area contributed by atoms with Gasteiger partial charge in [0, 0.05) is 12.0 Å². The first-order valence-electron chi connectivity index (χ1n) is 7.87. The normalized spacial score (nSPS) is 18.6. The molecule has 1 aliphatic heterocycles. The highest BCUT2D eigenvalue weighted by Crippen LogP contribution is 2.28. The lowest BCUT2D eigenvalue weighted by Gasteiger charge is -2.10. The molecule has 1 aliphatic rings. The fourth-order valence-corrected chi connectivity index (χ4v) is 5.53. The van der Waals surface area contributed by atoms with Crippen LogP contribution >= 0.6 is 11.3 Å². The number of sulfone groups is 1. The summed E-state index contributed by atoms with van der Waals surface area (Å²) in [5.41, 5.74) is 6.52. The van der Waals surface area contributed by atoms with E-state index in [0.29, 0.717) is 11.3 Å². The van der Waals surface area contributed by atoms with Crippen molar-refractivity contribution in [3.05, 3.63) is 46.7 Å². The molecule has 2 aromatic rings. The van der Waals surface area contributed by atoms with Crippen molar-refractivity contribution < 1.29 is 18.0 Å². The van der Waals surface area contributed by atoms with E-state index in [1.54, 1.807) is 0 Å². The van der Waals surface area contributed by atoms with Crippen LogP contribution in [0.2, 0.25) is 0 Å². The predicted molar refractivity (Wildman–Crippen MR) is 96.7 cm³/mol. The lowest BCUT2D eigenvalue weighted by atomic mass is 10.1. The van der Waals surface area contributed by atoms with Crippen molar-refractivity contribution in [2.45, 2.75) is 12.8 Å². The van der Waals surface area contributed by atoms with Crippen LogP contribution < -0.4 is 10.9 Å². The van der Waals surface area contributed by atoms with Gasteiger partial charge in [-0.15, -0.1) is 11.3 Å². The average Bonchev–Trinajstić information content (AvgIpc) is 3.20. The van der Waals surface area contributed by atoms with Crippen LogP contribution in [0.1, 0.15) is 22.5 Å². The lowest BCUT2D eigenvalue weighted by molar-refractivity contribution is -0.122. The van der Waals surface area contributed by atoms with E-state index in [-0.39, 0.29) is 35.7 Å². The van der Waals surface area contributed by atoms with Gasteiger partial charge in [-0.25, -0.2) is 8.42 Å². The summed E-state index contributed by atoms with van der Waals surface area (Å²) in [5.74, 6) is -0.775. The van der Waals surface area contributed by atoms with Crippen LogP contribution in [0.15, 0.2) is 41.8 Å². The highest BCUT2D eigenvalue weighted by molar-refractivity contribution is 7.91. The smallest absolute Gasteiger partial charge is 0.273 e. The minimum absolute atomic E-state index is 0.0391. The number of hydrogen-bond donors (Lipinski definition) is 2. The Morgan fingerprint density at radius 2 is 1.88 bits per heavy atom. The molecule has 0 bridgehead atoms. The third-order valence-corrected chi connectivity index (χ3v) is 6.82. The van der Waals surface area contributed by atoms with Crippen molar-refractivity contribution in [2.24, 2.45) is 5.92 Å². The first-order valence-corrected chi connectivity index (χ1v) is 10.6. The van der Waals surface area contributed by atoms with Gasteiger partial charge in [0.15, 0.2) is 9.84 Å². The minimum Gasteiger partial charge on any atom is -0.273 e. The van der Waals surface area contributed by atoms with Crippen LogP contribution in [0.25, 0.3) is 11.1 Å². The van der Waals surface area contributed by atoms with Crippen molar-refractivity contribution in [1.29, 1.82) is 0 Å². The van der Waals surface area contributed by atoms with Crippen molar-refractivity contribution in [2.75, 3.05) is 11.5 Å². The molecular formula is C17H18N2O4S2. The van der Waals surface area contributed by atoms with E-state index in [2.05, 4.69) is 10.9 Å². The zero-order valence-corrected chi connectivity index (χ0v) is 15.0. The molecule has 0 saturated carbocycles. The first-order chi connectivity index (χ1) is 11.9. The second kappa shape index (κ2) is 7.37. The second-order valence-electron chi connectivity index (χ2n) is 6.00. The number of amides is 2. The molecule has 1 aromatic carbocycles. The van der Waals surface area contributed by atoms with Gasteiger partial charge in [-0.3, -0.25) is 20.4 Å². The van der Waals surface area contributed by atoms with Crippen LogP contribution in [0.4, 0.5) is 0 Å². The molecule has 6 nitrogen and oxygen atoms in total. The minimum atomic E-state index is -3.01. The fraction of sp³-hybridized carbons (Fsp3) is 0.294. The molecule has 1 fully saturated rings. The molecule has 0 radical (unpaired) electrons. The zero-order valence-electron chi connectivity index (χ0n) is 13.4. The molecule has 8 heteroatoms. The Bertz CT molecular complexity index is 875. The van der Waals surface area contributed by atoms with Crippen LogP contribution in [0.3, 0.4) is 0 Å². The number of nitrogens with one attached hydrogen (secondary N) is 2. The largest absolute Gasteiger partial charge is 0.280 e. The van der Waals surface area contributed by atoms with Crippen LogP contribution in [-0.2, 0) is 14.6 Å². The van der Waals surface area contributed by atoms with Gasteiger partial charge < -0.3 is 0 Å². The molecule has 1 aromatic heterocycles. The monoisotopic (exact) mass is 378 g/mol. The van der Waals surface area contributed by atoms with Gasteiger partial charge in [0.25, 0.3) is 5.91 Å². The standard InChI is InChI=1S/C17H18N2O4S2/c20-15(10-12-7-9-25(22,23)11-12)18-19-17(21)16-14(6-8-24-16)13-4-2-1-3-5-13/h1-6,8,12H,7,9-11H2,(H,18,20)(H,19,21). The number of benzene rings is 1. The number of rotatable bonds is 4. The lowest BCUT2D eigenvalue weighted by Crippen LogP contribution is -2.42. The molecule has 0 aliphatic carbocycles. The second-order valence-corrected chi connectivity index (χ2v) is 9.15. The summed E-state index contributed by atoms with van der Waals surface area (Å²) in [6.45, 7) is 0. The van der Waals surface area contributed by atoms with E-state index in [1.807, 2.05) is 41.8 Å². The molecule has 1 unspecified atom stereocenters. The summed E-state index contributed by atoms with van der Waals surface area (Å²) in [6.07, 6.45) is 0.586. The number of carbonyl (C=O) groups is 2. The summed E-state index contributed by atoms with van der Waals surface area (Å²) in [5, 5.41) is 1.82. The number of hydrogen-bond acceptors (Lipinski definition) is 5. The summed E-state index contributed by atoms with van der Waals surface area (Å²) < 4.78 is 22.8. The molecule has 2 amide bonds. The maximum Gasteiger partial charge on any atom is 0.280 e. The van der Waals surface area contributed by atoms with E-state index < -0.39 is 9.84 Å². The van der Waals surface area contributed by atoms with Gasteiger partial charge in [0.2, 0.25) is 5.91 Å². The SMILES string of the molecule is O=C(CC1CCS(=O)(=O)C1)NNC(=O)c1sccc1-c1ccccc1. The summed E-state index contributed by atoms with van der Waals surface area (Å²) >= 11 is 1.29. The summed E-state index contributed by atoms with van der Waals surface area (Å²) in [4.78, 5) is 24.8. The van der Waals surface area contributed by atoms with E-state index >= 15 is 0 Å². The molecule has 2 N–H and O–H groups in total. The maximum absolute atomic E-state index is 12.3. The Hall–Kier alpha value is -2.19. The van der Waals surface area contributed by atoms with Gasteiger partial charge >= 0.3 is 0 Å². The Morgan fingerprint density at radius 3 is 2.56 bits per heavy atom. The third kappa shape index (κ3) is 4.46. The topological polar surface area (TPSA) is 92.3 Å². The van der Waals surface area contributed by atoms with Crippen LogP contribution in [0.5, 0.6) is 0 Å². The van der Waals surface area contributed by atoms with Gasteiger partial charge in [-0.1, -0.05) is 30.3 Å². The van der Waals surface area contributed by atoms with E-state index in [9.17, 15) is 18.0 Å². The van der Waals surface area contributed by atoms with E-state index in [4.69, 9.17) is 0 Å². The van der Waals surface area contributed by atoms with Gasteiger partial charge in [-0.2, -0.15) is 0 Å². The highest BCUT2D eigenvalue weighted by atomic mass is 32.2. The Kier molecular flexibility index (Phi) is 5.19. The number of thiophene rings is 1. The third-order valence-electron chi connectivity index (χ3n) is 4.07. The predicted octanol–water partition coefficient (Wildman–Crippen LogP) is 2.00. The van der Waals surface area contributed by atoms with E-state index in [1.165, 1.54) is 11.3 Å². The van der Waals surface area contributed by atoms with Crippen molar-refractivity contribution >= 4 is 33.0 Å². The Morgan fingerprint density at radius 1 is 1.12 bits per heavy atom. The Labute approximate surface area is 150 Å². The van der Waals surface area contributed by atoms with Crippen molar-refractivity contribution in [3.8, 4) is 11.1 Å². The van der Waals surface area contributed by atoms with Gasteiger partial charge in [-0.05, 0) is 29.3 Å². The molecule has 1 atom stereocenters. The van der Waals surface area contributed by atoms with Gasteiger partial charge in [0.1, 0.15) is 4.88 Å². The van der Waals surface area contributed by atoms with Gasteiger partial charge in [0.05, 0.1) is 11.5 Å². The summed E-state index contributed by atoms with van der Waals surface area (Å²) in [6, 6.07) is 11.4. The van der Waals surface area contributed by atoms with E-state index in [0.717, 1.165) is 11.1 Å².